The summed E-state index contributed by atoms with van der Waals surface area (Å²) in [6.07, 6.45) is 1.61. The first-order chi connectivity index (χ1) is 16.6. The van der Waals surface area contributed by atoms with Gasteiger partial charge in [0.05, 0.1) is 36.4 Å². The van der Waals surface area contributed by atoms with Crippen LogP contribution in [0.25, 0.3) is 0 Å². The van der Waals surface area contributed by atoms with Crippen LogP contribution >= 0.6 is 0 Å². The van der Waals surface area contributed by atoms with E-state index in [9.17, 15) is 14.4 Å². The molecule has 0 saturated carbocycles. The molecule has 34 heavy (non-hydrogen) atoms. The largest absolute Gasteiger partial charge is 0.467 e. The lowest BCUT2D eigenvalue weighted by molar-refractivity contribution is -0.135. The first kappa shape index (κ1) is 22.8. The van der Waals surface area contributed by atoms with Crippen LogP contribution in [-0.4, -0.2) is 36.1 Å². The zero-order valence-corrected chi connectivity index (χ0v) is 18.6. The van der Waals surface area contributed by atoms with Gasteiger partial charge in [0.2, 0.25) is 5.91 Å². The number of hydrogen-bond acceptors (Lipinski definition) is 7. The molecule has 174 valence electrons. The predicted octanol–water partition coefficient (Wildman–Crippen LogP) is 3.35. The van der Waals surface area contributed by atoms with Gasteiger partial charge >= 0.3 is 5.97 Å². The van der Waals surface area contributed by atoms with Crippen LogP contribution in [0.3, 0.4) is 0 Å². The van der Waals surface area contributed by atoms with E-state index in [1.807, 2.05) is 18.2 Å². The van der Waals surface area contributed by atoms with Crippen LogP contribution in [0.5, 0.6) is 0 Å². The van der Waals surface area contributed by atoms with Crippen LogP contribution in [0.2, 0.25) is 0 Å². The van der Waals surface area contributed by atoms with Crippen molar-refractivity contribution in [2.24, 2.45) is 5.10 Å². The van der Waals surface area contributed by atoms with Gasteiger partial charge in [0.1, 0.15) is 17.5 Å². The number of amides is 2. The van der Waals surface area contributed by atoms with Gasteiger partial charge in [0, 0.05) is 6.42 Å². The topological polar surface area (TPSA) is 113 Å². The summed E-state index contributed by atoms with van der Waals surface area (Å²) in [6.45, 7) is 2.14. The molecule has 4 rings (SSSR count). The molecule has 2 N–H and O–H groups in total. The molecule has 0 aliphatic carbocycles. The van der Waals surface area contributed by atoms with Crippen LogP contribution in [0.4, 0.5) is 11.4 Å². The van der Waals surface area contributed by atoms with Gasteiger partial charge in [-0.05, 0) is 43.3 Å². The number of carbonyl (C=O) groups excluding carboxylic acids is 3. The molecule has 0 radical (unpaired) electrons. The fourth-order valence-corrected chi connectivity index (χ4v) is 3.55. The summed E-state index contributed by atoms with van der Waals surface area (Å²) >= 11 is 0. The predicted molar refractivity (Wildman–Crippen MR) is 126 cm³/mol. The number of anilines is 2. The molecule has 2 amide bonds. The number of hydrazone groups is 1. The van der Waals surface area contributed by atoms with E-state index in [2.05, 4.69) is 15.7 Å². The summed E-state index contributed by atoms with van der Waals surface area (Å²) in [4.78, 5) is 38.4. The molecule has 2 heterocycles. The first-order valence-corrected chi connectivity index (χ1v) is 10.9. The fraction of sp³-hybridized carbons (Fsp3) is 0.200. The van der Waals surface area contributed by atoms with Gasteiger partial charge < -0.3 is 19.8 Å². The number of carbonyl (C=O) groups is 3. The lowest BCUT2D eigenvalue weighted by atomic mass is 10.1. The third-order valence-electron chi connectivity index (χ3n) is 5.18. The van der Waals surface area contributed by atoms with Gasteiger partial charge in [-0.1, -0.05) is 30.3 Å². The lowest BCUT2D eigenvalue weighted by Gasteiger charge is -2.23. The molecule has 0 bridgehead atoms. The molecule has 0 fully saturated rings. The minimum atomic E-state index is -0.791. The summed E-state index contributed by atoms with van der Waals surface area (Å²) < 4.78 is 10.3. The average molecular weight is 460 g/mol. The highest BCUT2D eigenvalue weighted by molar-refractivity contribution is 6.38. The Morgan fingerprint density at radius 3 is 2.56 bits per heavy atom. The standard InChI is InChI=1S/C25H24N4O5/c1-2-33-25(32)21-15-22(29(28-21)17-9-4-3-5-10-17)24(31)27-20-13-7-6-12-19(20)23(30)26-16-18-11-8-14-34-18/h3-14,22H,2,15-16H2,1H3,(H,26,30)(H,27,31). The second-order valence-electron chi connectivity index (χ2n) is 7.46. The Morgan fingerprint density at radius 1 is 1.06 bits per heavy atom. The number of furan rings is 1. The zero-order chi connectivity index (χ0) is 23.9. The molecule has 1 aliphatic rings. The maximum Gasteiger partial charge on any atom is 0.354 e. The normalized spacial score (nSPS) is 14.9. The Labute approximate surface area is 196 Å². The molecular formula is C25H24N4O5. The molecule has 9 heteroatoms. The molecule has 0 spiro atoms. The van der Waals surface area contributed by atoms with Crippen molar-refractivity contribution < 1.29 is 23.5 Å². The number of para-hydroxylation sites is 2. The van der Waals surface area contributed by atoms with Crippen molar-refractivity contribution in [1.29, 1.82) is 0 Å². The number of nitrogens with one attached hydrogen (secondary N) is 2. The lowest BCUT2D eigenvalue weighted by Crippen LogP contribution is -2.39. The van der Waals surface area contributed by atoms with Crippen molar-refractivity contribution in [3.8, 4) is 0 Å². The molecule has 1 aliphatic heterocycles. The first-order valence-electron chi connectivity index (χ1n) is 10.9. The van der Waals surface area contributed by atoms with Crippen molar-refractivity contribution >= 4 is 34.9 Å². The van der Waals surface area contributed by atoms with E-state index >= 15 is 0 Å². The number of nitrogens with zero attached hydrogens (tertiary/aromatic N) is 2. The van der Waals surface area contributed by atoms with Gasteiger partial charge in [0.15, 0.2) is 0 Å². The third kappa shape index (κ3) is 5.15. The molecule has 3 aromatic rings. The Morgan fingerprint density at radius 2 is 1.82 bits per heavy atom. The van der Waals surface area contributed by atoms with E-state index in [4.69, 9.17) is 9.15 Å². The number of rotatable bonds is 8. The average Bonchev–Trinajstić information content (AvgIpc) is 3.54. The summed E-state index contributed by atoms with van der Waals surface area (Å²) in [5.41, 5.74) is 1.47. The van der Waals surface area contributed by atoms with Gasteiger partial charge in [0.25, 0.3) is 5.91 Å². The van der Waals surface area contributed by atoms with E-state index in [0.29, 0.717) is 22.7 Å². The van der Waals surface area contributed by atoms with Crippen molar-refractivity contribution in [2.45, 2.75) is 25.9 Å². The molecule has 2 aromatic carbocycles. The minimum Gasteiger partial charge on any atom is -0.467 e. The summed E-state index contributed by atoms with van der Waals surface area (Å²) in [6, 6.07) is 18.5. The van der Waals surface area contributed by atoms with Gasteiger partial charge in [-0.3, -0.25) is 14.6 Å². The van der Waals surface area contributed by atoms with Crippen molar-refractivity contribution in [3.63, 3.8) is 0 Å². The Balaban J connectivity index is 1.52. The molecule has 1 aromatic heterocycles. The number of esters is 1. The van der Waals surface area contributed by atoms with E-state index in [0.717, 1.165) is 0 Å². The number of benzene rings is 2. The minimum absolute atomic E-state index is 0.0758. The molecular weight excluding hydrogens is 436 g/mol. The highest BCUT2D eigenvalue weighted by atomic mass is 16.5. The van der Waals surface area contributed by atoms with Gasteiger partial charge in [-0.25, -0.2) is 4.79 Å². The van der Waals surface area contributed by atoms with Crippen LogP contribution in [0.1, 0.15) is 29.5 Å². The fourth-order valence-electron chi connectivity index (χ4n) is 3.55. The third-order valence-corrected chi connectivity index (χ3v) is 5.18. The Hall–Kier alpha value is -4.40. The number of ether oxygens (including phenoxy) is 1. The van der Waals surface area contributed by atoms with E-state index < -0.39 is 17.9 Å². The Kier molecular flexibility index (Phi) is 7.02. The van der Waals surface area contributed by atoms with Crippen LogP contribution in [0, 0.1) is 0 Å². The van der Waals surface area contributed by atoms with Crippen LogP contribution in [-0.2, 0) is 20.9 Å². The van der Waals surface area contributed by atoms with Crippen LogP contribution in [0.15, 0.2) is 82.5 Å². The van der Waals surface area contributed by atoms with Gasteiger partial charge in [-0.2, -0.15) is 5.10 Å². The zero-order valence-electron chi connectivity index (χ0n) is 18.6. The Bertz CT molecular complexity index is 1190. The summed E-state index contributed by atoms with van der Waals surface area (Å²) in [5.74, 6) is -0.709. The number of hydrogen-bond donors (Lipinski definition) is 2. The van der Waals surface area contributed by atoms with E-state index in [1.165, 1.54) is 11.3 Å². The van der Waals surface area contributed by atoms with Crippen molar-refractivity contribution in [2.75, 3.05) is 16.9 Å². The highest BCUT2D eigenvalue weighted by Crippen LogP contribution is 2.26. The monoisotopic (exact) mass is 460 g/mol. The molecule has 1 unspecified atom stereocenters. The highest BCUT2D eigenvalue weighted by Gasteiger charge is 2.37. The second kappa shape index (κ2) is 10.5. The SMILES string of the molecule is CCOC(=O)C1=NN(c2ccccc2)C(C(=O)Nc2ccccc2C(=O)NCc2ccco2)C1. The molecule has 0 saturated heterocycles. The maximum atomic E-state index is 13.3. The quantitative estimate of drug-likeness (QED) is 0.499. The maximum absolute atomic E-state index is 13.3. The van der Waals surface area contributed by atoms with E-state index in [-0.39, 0.29) is 31.2 Å². The summed E-state index contributed by atoms with van der Waals surface area (Å²) in [7, 11) is 0. The van der Waals surface area contributed by atoms with Crippen LogP contribution < -0.4 is 15.6 Å². The molecule has 9 nitrogen and oxygen atoms in total. The molecule has 1 atom stereocenters. The van der Waals surface area contributed by atoms with Crippen molar-refractivity contribution in [3.05, 3.63) is 84.3 Å². The van der Waals surface area contributed by atoms with Crippen molar-refractivity contribution in [1.82, 2.24) is 5.32 Å². The smallest absolute Gasteiger partial charge is 0.354 e. The van der Waals surface area contributed by atoms with Gasteiger partial charge in [-0.15, -0.1) is 0 Å². The second-order valence-corrected chi connectivity index (χ2v) is 7.46. The summed E-state index contributed by atoms with van der Waals surface area (Å²) in [5, 5.41) is 11.5. The van der Waals surface area contributed by atoms with E-state index in [1.54, 1.807) is 55.5 Å².